The summed E-state index contributed by atoms with van der Waals surface area (Å²) in [7, 11) is 0. The molecule has 1 unspecified atom stereocenters. The van der Waals surface area contributed by atoms with Gasteiger partial charge >= 0.3 is 10.8 Å². The Morgan fingerprint density at radius 3 is 2.81 bits per heavy atom. The molecule has 4 heterocycles. The monoisotopic (exact) mass is 685 g/mol. The largest absolute Gasteiger partial charge is 0.506 e. The maximum Gasteiger partial charge on any atom is 0.317 e. The lowest BCUT2D eigenvalue weighted by molar-refractivity contribution is -0.128. The highest BCUT2D eigenvalue weighted by atomic mass is 32.1. The minimum atomic E-state index is -3.26. The summed E-state index contributed by atoms with van der Waals surface area (Å²) in [6, 6.07) is 11.6. The van der Waals surface area contributed by atoms with Gasteiger partial charge in [0.1, 0.15) is 17.0 Å². The number of alkyl halides is 2. The van der Waals surface area contributed by atoms with Crippen molar-refractivity contribution in [2.45, 2.75) is 43.4 Å². The van der Waals surface area contributed by atoms with Crippen molar-refractivity contribution in [3.8, 4) is 5.75 Å². The van der Waals surface area contributed by atoms with Crippen LogP contribution >= 0.6 is 22.7 Å². The molecule has 0 radical (unpaired) electrons. The second kappa shape index (κ2) is 13.9. The summed E-state index contributed by atoms with van der Waals surface area (Å²) in [5, 5.41) is 25.0. The van der Waals surface area contributed by atoms with Crippen molar-refractivity contribution in [3.05, 3.63) is 91.5 Å². The number of likely N-dealkylation sites (tertiary alicyclic amines) is 1. The highest BCUT2D eigenvalue weighted by Gasteiger charge is 2.42. The molecule has 250 valence electrons. The van der Waals surface area contributed by atoms with E-state index in [0.29, 0.717) is 54.6 Å². The third-order valence-corrected chi connectivity index (χ3v) is 10.7. The number of aromatic hydroxyl groups is 1. The molecule has 0 bridgehead atoms. The van der Waals surface area contributed by atoms with Gasteiger partial charge in [-0.15, -0.1) is 11.3 Å². The number of aromatic amines is 1. The number of carbonyl (C=O) groups is 1. The zero-order valence-corrected chi connectivity index (χ0v) is 27.3. The first-order valence-corrected chi connectivity index (χ1v) is 17.2. The van der Waals surface area contributed by atoms with Crippen LogP contribution in [0.15, 0.2) is 59.2 Å². The van der Waals surface area contributed by atoms with Gasteiger partial charge in [0.15, 0.2) is 5.01 Å². The number of allylic oxidation sites excluding steroid dienone is 1. The zero-order chi connectivity index (χ0) is 33.2. The van der Waals surface area contributed by atoms with Crippen LogP contribution in [0.3, 0.4) is 0 Å². The normalized spacial score (nSPS) is 17.7. The average Bonchev–Trinajstić information content (AvgIpc) is 3.73. The van der Waals surface area contributed by atoms with Gasteiger partial charge in [-0.25, -0.2) is 4.98 Å². The van der Waals surface area contributed by atoms with E-state index in [9.17, 15) is 28.6 Å². The van der Waals surface area contributed by atoms with Gasteiger partial charge in [0.2, 0.25) is 0 Å². The van der Waals surface area contributed by atoms with Gasteiger partial charge in [-0.3, -0.25) is 14.5 Å². The zero-order valence-electron chi connectivity index (χ0n) is 25.7. The molecule has 2 aromatic heterocycles. The topological polar surface area (TPSA) is 131 Å². The Balaban J connectivity index is 0.970. The molecule has 2 fully saturated rings. The third-order valence-electron chi connectivity index (χ3n) is 8.84. The van der Waals surface area contributed by atoms with Crippen molar-refractivity contribution in [2.75, 3.05) is 45.9 Å². The number of nitrogens with zero attached hydrogens (tertiary/aromatic N) is 3. The Bertz CT molecular complexity index is 1800. The fourth-order valence-corrected chi connectivity index (χ4v) is 7.93. The minimum absolute atomic E-state index is 0.0175. The van der Waals surface area contributed by atoms with Crippen molar-refractivity contribution >= 4 is 38.8 Å². The predicted molar refractivity (Wildman–Crippen MR) is 177 cm³/mol. The van der Waals surface area contributed by atoms with Gasteiger partial charge in [-0.2, -0.15) is 8.78 Å². The number of phenolic OH excluding ortho intramolecular Hbond substituents is 1. The number of fused-ring (bicyclic) bond motifs is 1. The molecule has 0 aliphatic carbocycles. The summed E-state index contributed by atoms with van der Waals surface area (Å²) in [4.78, 5) is 35.2. The number of aliphatic hydroxyl groups excluding tert-OH is 1. The molecule has 1 spiro atoms. The molecule has 10 nitrogen and oxygen atoms in total. The smallest absolute Gasteiger partial charge is 0.317 e. The first kappa shape index (κ1) is 33.4. The third kappa shape index (κ3) is 7.47. The number of amides is 1. The number of H-pyrrole nitrogens is 1. The Morgan fingerprint density at radius 1 is 1.23 bits per heavy atom. The van der Waals surface area contributed by atoms with E-state index < -0.39 is 22.6 Å². The molecular weight excluding hydrogens is 649 g/mol. The average molecular weight is 686 g/mol. The molecule has 4 N–H and O–H groups in total. The first-order chi connectivity index (χ1) is 22.6. The van der Waals surface area contributed by atoms with Crippen LogP contribution in [0.5, 0.6) is 5.75 Å². The van der Waals surface area contributed by atoms with E-state index in [1.54, 1.807) is 11.0 Å². The van der Waals surface area contributed by atoms with E-state index >= 15 is 0 Å². The number of thiazole rings is 2. The lowest BCUT2D eigenvalue weighted by atomic mass is 9.89. The van der Waals surface area contributed by atoms with Gasteiger partial charge in [0.05, 0.1) is 29.6 Å². The van der Waals surface area contributed by atoms with Crippen LogP contribution in [-0.2, 0) is 23.6 Å². The molecule has 1 amide bonds. The van der Waals surface area contributed by atoms with Gasteiger partial charge < -0.3 is 30.2 Å². The lowest BCUT2D eigenvalue weighted by Crippen LogP contribution is -2.58. The molecule has 14 heteroatoms. The molecule has 1 atom stereocenters. The molecule has 0 saturated carbocycles. The van der Waals surface area contributed by atoms with Crippen molar-refractivity contribution in [3.63, 3.8) is 0 Å². The van der Waals surface area contributed by atoms with Crippen molar-refractivity contribution < 1.29 is 28.5 Å². The van der Waals surface area contributed by atoms with E-state index in [2.05, 4.69) is 51.0 Å². The van der Waals surface area contributed by atoms with E-state index in [-0.39, 0.29) is 22.2 Å². The number of halogens is 2. The van der Waals surface area contributed by atoms with Crippen LogP contribution in [0, 0.1) is 0 Å². The summed E-state index contributed by atoms with van der Waals surface area (Å²) in [5.74, 6) is -3.63. The van der Waals surface area contributed by atoms with Crippen LogP contribution in [0.25, 0.3) is 10.2 Å². The van der Waals surface area contributed by atoms with E-state index in [4.69, 9.17) is 4.74 Å². The fourth-order valence-electron chi connectivity index (χ4n) is 6.24. The standard InChI is InChI=1S/C33H37F2N5O5S2/c1-2-33(34,35)30-37-24(19-46-30)29(43)40-14-15-45-32(20-40)9-12-39(13-10-32)18-22-5-3-4-21(16-22)8-11-36-17-26(42)23-6-7-25(41)27-28(23)47-31(44)38-27/h2-7,16,19,26,36,41-42H,1,8-15,17-18,20H2,(H,38,44). The number of ether oxygens (including phenoxy) is 1. The van der Waals surface area contributed by atoms with Gasteiger partial charge in [0.25, 0.3) is 5.91 Å². The highest BCUT2D eigenvalue weighted by Crippen LogP contribution is 2.34. The summed E-state index contributed by atoms with van der Waals surface area (Å²) < 4.78 is 34.7. The summed E-state index contributed by atoms with van der Waals surface area (Å²) >= 11 is 1.73. The van der Waals surface area contributed by atoms with E-state index in [1.165, 1.54) is 22.6 Å². The number of phenols is 1. The number of rotatable bonds is 11. The molecule has 2 aromatic carbocycles. The lowest BCUT2D eigenvalue weighted by Gasteiger charge is -2.47. The van der Waals surface area contributed by atoms with Crippen molar-refractivity contribution in [1.29, 1.82) is 0 Å². The number of hydrogen-bond donors (Lipinski definition) is 4. The number of morpholine rings is 1. The fraction of sp³-hybridized carbons (Fsp3) is 0.424. The van der Waals surface area contributed by atoms with Crippen LogP contribution in [-0.4, -0.2) is 87.4 Å². The van der Waals surface area contributed by atoms with Crippen LogP contribution in [0.2, 0.25) is 0 Å². The molecule has 2 aliphatic heterocycles. The number of aliphatic hydroxyl groups is 1. The second-order valence-corrected chi connectivity index (χ2v) is 13.9. The number of aromatic nitrogens is 2. The Morgan fingerprint density at radius 2 is 2.02 bits per heavy atom. The number of carbonyl (C=O) groups excluding carboxylic acids is 1. The van der Waals surface area contributed by atoms with Crippen LogP contribution < -0.4 is 10.2 Å². The molecule has 2 aliphatic rings. The maximum atomic E-state index is 14.0. The Hall–Kier alpha value is -3.53. The van der Waals surface area contributed by atoms with Crippen molar-refractivity contribution in [1.82, 2.24) is 25.1 Å². The number of benzene rings is 2. The van der Waals surface area contributed by atoms with Crippen LogP contribution in [0.4, 0.5) is 8.78 Å². The molecular formula is C33H37F2N5O5S2. The quantitative estimate of drug-likeness (QED) is 0.135. The number of hydrogen-bond acceptors (Lipinski definition) is 10. The predicted octanol–water partition coefficient (Wildman–Crippen LogP) is 4.40. The number of nitrogens with one attached hydrogen (secondary N) is 2. The summed E-state index contributed by atoms with van der Waals surface area (Å²) in [6.07, 6.45) is 2.00. The Kier molecular flexibility index (Phi) is 9.88. The SMILES string of the molecule is C=CC(F)(F)c1nc(C(=O)N2CCOC3(CCN(Cc4cccc(CCNCC(O)c5ccc(O)c6[nH]c(=O)sc56)c4)CC3)C2)cs1. The van der Waals surface area contributed by atoms with Gasteiger partial charge in [-0.1, -0.05) is 48.2 Å². The highest BCUT2D eigenvalue weighted by molar-refractivity contribution is 7.16. The summed E-state index contributed by atoms with van der Waals surface area (Å²) in [6.45, 7) is 7.72. The summed E-state index contributed by atoms with van der Waals surface area (Å²) in [5.41, 5.74) is 2.89. The van der Waals surface area contributed by atoms with Gasteiger partial charge in [0, 0.05) is 43.7 Å². The number of piperidine rings is 1. The minimum Gasteiger partial charge on any atom is -0.506 e. The first-order valence-electron chi connectivity index (χ1n) is 15.5. The molecule has 4 aromatic rings. The molecule has 2 saturated heterocycles. The molecule has 47 heavy (non-hydrogen) atoms. The molecule has 6 rings (SSSR count). The van der Waals surface area contributed by atoms with E-state index in [0.717, 1.165) is 61.6 Å². The Labute approximate surface area is 278 Å². The van der Waals surface area contributed by atoms with Crippen molar-refractivity contribution in [2.24, 2.45) is 0 Å². The second-order valence-electron chi connectivity index (χ2n) is 12.1. The van der Waals surface area contributed by atoms with E-state index in [1.807, 2.05) is 0 Å². The van der Waals surface area contributed by atoms with Crippen LogP contribution in [0.1, 0.15) is 51.1 Å². The maximum absolute atomic E-state index is 14.0. The van der Waals surface area contributed by atoms with Gasteiger partial charge in [-0.05, 0) is 49.1 Å².